The molecule has 0 fully saturated rings. The van der Waals surface area contributed by atoms with Crippen molar-refractivity contribution >= 4 is 16.3 Å². The Morgan fingerprint density at radius 2 is 1.64 bits per heavy atom. The predicted molar refractivity (Wildman–Crippen MR) is 115 cm³/mol. The number of rotatable bonds is 4. The van der Waals surface area contributed by atoms with Gasteiger partial charge in [0, 0.05) is 6.54 Å². The molecule has 0 bridgehead atoms. The molecule has 1 nitrogen and oxygen atoms in total. The van der Waals surface area contributed by atoms with Gasteiger partial charge >= 0.3 is 0 Å². The van der Waals surface area contributed by atoms with E-state index in [1.165, 1.54) is 27.5 Å². The van der Waals surface area contributed by atoms with Crippen LogP contribution in [0.2, 0.25) is 0 Å². The molecule has 2 rings (SSSR count). The maximum atomic E-state index is 5.55. The van der Waals surface area contributed by atoms with Gasteiger partial charge in [-0.05, 0) is 40.3 Å². The summed E-state index contributed by atoms with van der Waals surface area (Å²) < 4.78 is 0. The summed E-state index contributed by atoms with van der Waals surface area (Å²) in [4.78, 5) is 0. The molecule has 0 saturated heterocycles. The molecule has 0 heterocycles. The van der Waals surface area contributed by atoms with E-state index in [-0.39, 0.29) is 5.41 Å². The van der Waals surface area contributed by atoms with Gasteiger partial charge in [-0.2, -0.15) is 0 Å². The molecule has 0 atom stereocenters. The molecule has 0 aliphatic heterocycles. The zero-order valence-electron chi connectivity index (χ0n) is 16.6. The molecule has 0 saturated carbocycles. The predicted octanol–water partition coefficient (Wildman–Crippen LogP) is 6.76. The van der Waals surface area contributed by atoms with Gasteiger partial charge in [0.15, 0.2) is 0 Å². The average molecular weight is 336 g/mol. The lowest BCUT2D eigenvalue weighted by Crippen LogP contribution is -2.08. The summed E-state index contributed by atoms with van der Waals surface area (Å²) in [6, 6.07) is 15.2. The molecular weight excluding hydrogens is 302 g/mol. The summed E-state index contributed by atoms with van der Waals surface area (Å²) in [7, 11) is 0. The fourth-order valence-corrected chi connectivity index (χ4v) is 2.69. The molecule has 0 aromatic heterocycles. The van der Waals surface area contributed by atoms with Gasteiger partial charge in [0.2, 0.25) is 0 Å². The van der Waals surface area contributed by atoms with Gasteiger partial charge in [0.1, 0.15) is 0 Å². The number of benzene rings is 2. The van der Waals surface area contributed by atoms with E-state index in [4.69, 9.17) is 5.73 Å². The quantitative estimate of drug-likeness (QED) is 0.614. The largest absolute Gasteiger partial charge is 0.327 e. The van der Waals surface area contributed by atoms with Crippen LogP contribution < -0.4 is 5.73 Å². The number of allylic oxidation sites excluding steroid dienone is 5. The van der Waals surface area contributed by atoms with E-state index >= 15 is 0 Å². The molecule has 1 heteroatoms. The molecule has 2 aromatic rings. The van der Waals surface area contributed by atoms with Crippen LogP contribution in [0.1, 0.15) is 47.1 Å². The van der Waals surface area contributed by atoms with Crippen molar-refractivity contribution in [1.82, 2.24) is 0 Å². The molecule has 0 aliphatic rings. The van der Waals surface area contributed by atoms with Crippen molar-refractivity contribution in [3.8, 4) is 0 Å². The fourth-order valence-electron chi connectivity index (χ4n) is 2.69. The van der Waals surface area contributed by atoms with Crippen LogP contribution in [0.5, 0.6) is 0 Å². The molecule has 0 unspecified atom stereocenters. The van der Waals surface area contributed by atoms with E-state index in [1.807, 2.05) is 19.9 Å². The zero-order chi connectivity index (χ0) is 18.9. The van der Waals surface area contributed by atoms with Gasteiger partial charge in [-0.25, -0.2) is 0 Å². The lowest BCUT2D eigenvalue weighted by Gasteiger charge is -2.23. The Labute approximate surface area is 153 Å². The molecule has 2 aromatic carbocycles. The Morgan fingerprint density at radius 1 is 1.00 bits per heavy atom. The molecule has 0 amide bonds. The van der Waals surface area contributed by atoms with Gasteiger partial charge in [-0.3, -0.25) is 0 Å². The van der Waals surface area contributed by atoms with Crippen LogP contribution in [0, 0.1) is 5.41 Å². The van der Waals surface area contributed by atoms with Crippen LogP contribution in [-0.4, -0.2) is 6.54 Å². The highest BCUT2D eigenvalue weighted by atomic mass is 14.5. The second kappa shape index (κ2) is 10.0. The Kier molecular flexibility index (Phi) is 8.37. The highest BCUT2D eigenvalue weighted by Crippen LogP contribution is 2.35. The third kappa shape index (κ3) is 6.36. The maximum Gasteiger partial charge on any atom is 0.0112 e. The number of fused-ring (bicyclic) bond motifs is 1. The Balaban J connectivity index is 0.00000151. The van der Waals surface area contributed by atoms with Crippen LogP contribution in [0.4, 0.5) is 0 Å². The highest BCUT2D eigenvalue weighted by Gasteiger charge is 2.18. The summed E-state index contributed by atoms with van der Waals surface area (Å²) in [6.07, 6.45) is 8.48. The molecule has 25 heavy (non-hydrogen) atoms. The van der Waals surface area contributed by atoms with Crippen molar-refractivity contribution in [1.29, 1.82) is 0 Å². The summed E-state index contributed by atoms with van der Waals surface area (Å²) in [5.41, 5.74) is 9.43. The van der Waals surface area contributed by atoms with Gasteiger partial charge in [-0.15, -0.1) is 0 Å². The summed E-state index contributed by atoms with van der Waals surface area (Å²) >= 11 is 0. The van der Waals surface area contributed by atoms with Crippen molar-refractivity contribution in [3.63, 3.8) is 0 Å². The van der Waals surface area contributed by atoms with Crippen molar-refractivity contribution in [2.45, 2.75) is 41.5 Å². The van der Waals surface area contributed by atoms with Crippen molar-refractivity contribution in [2.75, 3.05) is 6.54 Å². The Morgan fingerprint density at radius 3 is 2.24 bits per heavy atom. The van der Waals surface area contributed by atoms with Gasteiger partial charge in [-0.1, -0.05) is 101 Å². The van der Waals surface area contributed by atoms with E-state index in [9.17, 15) is 0 Å². The highest BCUT2D eigenvalue weighted by molar-refractivity contribution is 5.87. The Hall–Kier alpha value is -2.12. The van der Waals surface area contributed by atoms with E-state index in [0.29, 0.717) is 6.54 Å². The molecular formula is C24H33N. The van der Waals surface area contributed by atoms with Crippen molar-refractivity contribution in [3.05, 3.63) is 77.9 Å². The monoisotopic (exact) mass is 335 g/mol. The lowest BCUT2D eigenvalue weighted by molar-refractivity contribution is 0.567. The first kappa shape index (κ1) is 20.9. The number of hydrogen-bond donors (Lipinski definition) is 1. The Bertz CT molecular complexity index is 755. The molecule has 0 spiro atoms. The van der Waals surface area contributed by atoms with Crippen LogP contribution in [0.25, 0.3) is 16.3 Å². The van der Waals surface area contributed by atoms with Crippen molar-refractivity contribution < 1.29 is 0 Å². The smallest absolute Gasteiger partial charge is 0.0112 e. The minimum absolute atomic E-state index is 0.0816. The molecule has 0 radical (unpaired) electrons. The molecule has 134 valence electrons. The first-order valence-corrected chi connectivity index (χ1v) is 9.16. The second-order valence-corrected chi connectivity index (χ2v) is 6.94. The normalized spacial score (nSPS) is 13.1. The minimum atomic E-state index is 0.0816. The summed E-state index contributed by atoms with van der Waals surface area (Å²) in [6.45, 7) is 13.4. The van der Waals surface area contributed by atoms with Gasteiger partial charge < -0.3 is 5.73 Å². The zero-order valence-corrected chi connectivity index (χ0v) is 16.6. The minimum Gasteiger partial charge on any atom is -0.327 e. The standard InChI is InChI=1S/C22H27N.C2H6/c1-17(14-15-23)8-7-11-21(22(2,3)4)20-13-12-18-9-5-6-10-19(18)16-20;1-2/h5-14,16H,15,23H2,1-4H3;1-2H3/b8-7+,17-14+,21-11-;. The van der Waals surface area contributed by atoms with E-state index in [0.717, 1.165) is 0 Å². The third-order valence-electron chi connectivity index (χ3n) is 3.93. The summed E-state index contributed by atoms with van der Waals surface area (Å²) in [5.74, 6) is 0. The fraction of sp³-hybridized carbons (Fsp3) is 0.333. The van der Waals surface area contributed by atoms with Crippen LogP contribution >= 0.6 is 0 Å². The SMILES string of the molecule is CC.CC(/C=C/C=C(/c1ccc2ccccc2c1)C(C)(C)C)=C\CN. The molecule has 0 aliphatic carbocycles. The molecule has 2 N–H and O–H groups in total. The van der Waals surface area contributed by atoms with E-state index in [2.05, 4.69) is 88.4 Å². The van der Waals surface area contributed by atoms with Crippen LogP contribution in [0.15, 0.2) is 72.3 Å². The number of nitrogens with two attached hydrogens (primary N) is 1. The first-order valence-electron chi connectivity index (χ1n) is 9.16. The maximum absolute atomic E-state index is 5.55. The topological polar surface area (TPSA) is 26.0 Å². The first-order chi connectivity index (χ1) is 11.9. The van der Waals surface area contributed by atoms with Gasteiger partial charge in [0.05, 0.1) is 0 Å². The third-order valence-corrected chi connectivity index (χ3v) is 3.93. The van der Waals surface area contributed by atoms with E-state index < -0.39 is 0 Å². The number of hydrogen-bond acceptors (Lipinski definition) is 1. The summed E-state index contributed by atoms with van der Waals surface area (Å²) in [5, 5.41) is 2.56. The van der Waals surface area contributed by atoms with Crippen LogP contribution in [-0.2, 0) is 0 Å². The van der Waals surface area contributed by atoms with E-state index in [1.54, 1.807) is 0 Å². The van der Waals surface area contributed by atoms with Crippen LogP contribution in [0.3, 0.4) is 0 Å². The van der Waals surface area contributed by atoms with Crippen molar-refractivity contribution in [2.24, 2.45) is 11.1 Å². The average Bonchev–Trinajstić information content (AvgIpc) is 2.59. The lowest BCUT2D eigenvalue weighted by atomic mass is 9.81. The van der Waals surface area contributed by atoms with Gasteiger partial charge in [0.25, 0.3) is 0 Å². The second-order valence-electron chi connectivity index (χ2n) is 6.94.